The minimum absolute atomic E-state index is 0.197. The van der Waals surface area contributed by atoms with Gasteiger partial charge in [0.15, 0.2) is 12.2 Å². The van der Waals surface area contributed by atoms with Crippen molar-refractivity contribution in [3.8, 4) is 11.5 Å². The van der Waals surface area contributed by atoms with Crippen molar-refractivity contribution in [1.29, 1.82) is 0 Å². The Balaban J connectivity index is 1.42. The van der Waals surface area contributed by atoms with E-state index in [0.29, 0.717) is 11.5 Å². The fraction of sp³-hybridized carbons (Fsp3) is 0.429. The van der Waals surface area contributed by atoms with Crippen LogP contribution in [0.25, 0.3) is 0 Å². The Bertz CT molecular complexity index is 491. The maximum atomic E-state index is 10.8. The zero-order valence-corrected chi connectivity index (χ0v) is 11.6. The van der Waals surface area contributed by atoms with E-state index in [1.54, 1.807) is 24.3 Å². The molecule has 0 unspecified atom stereocenters. The maximum Gasteiger partial charge on any atom is 0.508 e. The van der Waals surface area contributed by atoms with Gasteiger partial charge >= 0.3 is 12.3 Å². The number of ether oxygens (including phenoxy) is 6. The molecule has 2 atom stereocenters. The Morgan fingerprint density at radius 3 is 1.55 bits per heavy atom. The molecule has 2 aliphatic rings. The van der Waals surface area contributed by atoms with E-state index in [-0.39, 0.29) is 38.6 Å². The van der Waals surface area contributed by atoms with Crippen LogP contribution in [-0.2, 0) is 18.9 Å². The average Bonchev–Trinajstić information content (AvgIpc) is 3.12. The fourth-order valence-corrected chi connectivity index (χ4v) is 1.90. The van der Waals surface area contributed by atoms with Crippen LogP contribution in [0.1, 0.15) is 0 Å². The third-order valence-corrected chi connectivity index (χ3v) is 3.00. The number of carbonyl (C=O) groups excluding carboxylic acids is 2. The Kier molecular flexibility index (Phi) is 4.17. The first kappa shape index (κ1) is 14.3. The van der Waals surface area contributed by atoms with E-state index >= 15 is 0 Å². The number of benzene rings is 1. The molecule has 2 heterocycles. The molecule has 0 N–H and O–H groups in total. The molecule has 22 heavy (non-hydrogen) atoms. The number of hydrogen-bond donors (Lipinski definition) is 0. The summed E-state index contributed by atoms with van der Waals surface area (Å²) in [6, 6.07) is 6.91. The number of carbonyl (C=O) groups is 2. The molecule has 0 spiro atoms. The van der Waals surface area contributed by atoms with Crippen molar-refractivity contribution in [3.05, 3.63) is 24.3 Å². The van der Waals surface area contributed by atoms with Gasteiger partial charge in [-0.1, -0.05) is 0 Å². The van der Waals surface area contributed by atoms with Gasteiger partial charge in [0.25, 0.3) is 0 Å². The van der Waals surface area contributed by atoms with Crippen LogP contribution in [0.15, 0.2) is 24.3 Å². The molecule has 2 aliphatic heterocycles. The lowest BCUT2D eigenvalue weighted by atomic mass is 10.3. The second kappa shape index (κ2) is 6.42. The van der Waals surface area contributed by atoms with Gasteiger partial charge in [-0.05, 0) is 24.3 Å². The summed E-state index contributed by atoms with van der Waals surface area (Å²) in [4.78, 5) is 21.5. The molecule has 118 valence electrons. The summed E-state index contributed by atoms with van der Waals surface area (Å²) in [5, 5.41) is 0. The molecule has 8 nitrogen and oxygen atoms in total. The molecule has 3 rings (SSSR count). The van der Waals surface area contributed by atoms with Gasteiger partial charge in [-0.3, -0.25) is 0 Å². The lowest BCUT2D eigenvalue weighted by Crippen LogP contribution is -2.20. The van der Waals surface area contributed by atoms with Crippen LogP contribution in [0.4, 0.5) is 9.59 Å². The van der Waals surface area contributed by atoms with E-state index in [0.717, 1.165) is 0 Å². The second-order valence-corrected chi connectivity index (χ2v) is 4.70. The van der Waals surface area contributed by atoms with E-state index in [1.807, 2.05) is 0 Å². The lowest BCUT2D eigenvalue weighted by Gasteiger charge is -2.11. The largest absolute Gasteiger partial charge is 0.508 e. The SMILES string of the molecule is O=C1OC[C@@H](COc2ccc(OC[C@@H]3COC(=O)O3)cc2)O1. The molecule has 0 radical (unpaired) electrons. The summed E-state index contributed by atoms with van der Waals surface area (Å²) in [5.74, 6) is 1.23. The highest BCUT2D eigenvalue weighted by Gasteiger charge is 2.26. The van der Waals surface area contributed by atoms with Crippen molar-refractivity contribution >= 4 is 12.3 Å². The zero-order valence-electron chi connectivity index (χ0n) is 11.6. The first-order valence-corrected chi connectivity index (χ1v) is 6.71. The standard InChI is InChI=1S/C14H14O8/c15-13-19-7-11(21-13)5-17-9-1-2-10(4-3-9)18-6-12-8-20-14(16)22-12/h1-4,11-12H,5-8H2/t11-,12-/m1/s1. The summed E-state index contributed by atoms with van der Waals surface area (Å²) in [6.45, 7) is 0.840. The van der Waals surface area contributed by atoms with Crippen LogP contribution < -0.4 is 9.47 Å². The van der Waals surface area contributed by atoms with Crippen molar-refractivity contribution in [1.82, 2.24) is 0 Å². The van der Waals surface area contributed by atoms with Gasteiger partial charge in [-0.2, -0.15) is 0 Å². The van der Waals surface area contributed by atoms with E-state index < -0.39 is 12.3 Å². The maximum absolute atomic E-state index is 10.8. The monoisotopic (exact) mass is 310 g/mol. The Hall–Kier alpha value is -2.64. The third kappa shape index (κ3) is 3.72. The van der Waals surface area contributed by atoms with Crippen LogP contribution in [0, 0.1) is 0 Å². The van der Waals surface area contributed by atoms with Gasteiger partial charge in [0.2, 0.25) is 0 Å². The van der Waals surface area contributed by atoms with E-state index in [4.69, 9.17) is 18.9 Å². The Morgan fingerprint density at radius 2 is 1.23 bits per heavy atom. The molecule has 0 amide bonds. The Labute approximate surface area is 125 Å². The highest BCUT2D eigenvalue weighted by atomic mass is 16.8. The molecule has 0 aliphatic carbocycles. The molecular weight excluding hydrogens is 296 g/mol. The number of hydrogen-bond acceptors (Lipinski definition) is 8. The minimum atomic E-state index is -0.672. The lowest BCUT2D eigenvalue weighted by molar-refractivity contribution is 0.0968. The molecule has 1 aromatic carbocycles. The fourth-order valence-electron chi connectivity index (χ4n) is 1.90. The van der Waals surface area contributed by atoms with Gasteiger partial charge in [0, 0.05) is 0 Å². The third-order valence-electron chi connectivity index (χ3n) is 3.00. The topological polar surface area (TPSA) is 89.5 Å². The van der Waals surface area contributed by atoms with E-state index in [1.165, 1.54) is 0 Å². The zero-order chi connectivity index (χ0) is 15.4. The first-order chi connectivity index (χ1) is 10.7. The average molecular weight is 310 g/mol. The highest BCUT2D eigenvalue weighted by molar-refractivity contribution is 5.62. The quantitative estimate of drug-likeness (QED) is 0.730. The van der Waals surface area contributed by atoms with Gasteiger partial charge < -0.3 is 28.4 Å². The van der Waals surface area contributed by atoms with Gasteiger partial charge in [0.1, 0.15) is 37.9 Å². The van der Waals surface area contributed by atoms with Crippen LogP contribution >= 0.6 is 0 Å². The molecular formula is C14H14O8. The minimum Gasteiger partial charge on any atom is -0.490 e. The number of cyclic esters (lactones) is 4. The summed E-state index contributed by atoms with van der Waals surface area (Å²) in [6.07, 6.45) is -2.12. The molecule has 1 aromatic rings. The van der Waals surface area contributed by atoms with Crippen LogP contribution in [0.3, 0.4) is 0 Å². The predicted octanol–water partition coefficient (Wildman–Crippen LogP) is 1.51. The van der Waals surface area contributed by atoms with Crippen LogP contribution in [-0.4, -0.2) is 50.9 Å². The molecule has 0 aromatic heterocycles. The smallest absolute Gasteiger partial charge is 0.490 e. The van der Waals surface area contributed by atoms with Crippen LogP contribution in [0.2, 0.25) is 0 Å². The first-order valence-electron chi connectivity index (χ1n) is 6.71. The summed E-state index contributed by atoms with van der Waals surface area (Å²) in [7, 11) is 0. The molecule has 2 fully saturated rings. The molecule has 0 bridgehead atoms. The molecule has 0 saturated carbocycles. The van der Waals surface area contributed by atoms with Gasteiger partial charge in [-0.15, -0.1) is 0 Å². The van der Waals surface area contributed by atoms with Crippen LogP contribution in [0.5, 0.6) is 11.5 Å². The van der Waals surface area contributed by atoms with Crippen molar-refractivity contribution < 1.29 is 38.0 Å². The second-order valence-electron chi connectivity index (χ2n) is 4.70. The number of rotatable bonds is 6. The summed E-state index contributed by atoms with van der Waals surface area (Å²) >= 11 is 0. The van der Waals surface area contributed by atoms with Crippen molar-refractivity contribution in [2.75, 3.05) is 26.4 Å². The van der Waals surface area contributed by atoms with Gasteiger partial charge in [0.05, 0.1) is 0 Å². The van der Waals surface area contributed by atoms with E-state index in [2.05, 4.69) is 9.47 Å². The normalized spacial score (nSPS) is 23.3. The van der Waals surface area contributed by atoms with Crippen molar-refractivity contribution in [3.63, 3.8) is 0 Å². The van der Waals surface area contributed by atoms with E-state index in [9.17, 15) is 9.59 Å². The highest BCUT2D eigenvalue weighted by Crippen LogP contribution is 2.19. The van der Waals surface area contributed by atoms with Gasteiger partial charge in [-0.25, -0.2) is 9.59 Å². The molecule has 2 saturated heterocycles. The summed E-state index contributed by atoms with van der Waals surface area (Å²) in [5.41, 5.74) is 0. The molecule has 8 heteroatoms. The van der Waals surface area contributed by atoms with Crippen molar-refractivity contribution in [2.24, 2.45) is 0 Å². The summed E-state index contributed by atoms with van der Waals surface area (Å²) < 4.78 is 30.0. The predicted molar refractivity (Wildman–Crippen MR) is 69.9 cm³/mol. The Morgan fingerprint density at radius 1 is 0.818 bits per heavy atom. The van der Waals surface area contributed by atoms with Crippen molar-refractivity contribution in [2.45, 2.75) is 12.2 Å².